The number of nitrogens with zero attached hydrogens (tertiary/aromatic N) is 1. The fourth-order valence-electron chi connectivity index (χ4n) is 8.87. The maximum atomic E-state index is 6.68. The van der Waals surface area contributed by atoms with Gasteiger partial charge < -0.3 is 9.32 Å². The molecule has 0 aliphatic carbocycles. The topological polar surface area (TPSA) is 16.4 Å². The summed E-state index contributed by atoms with van der Waals surface area (Å²) < 4.78 is 6.68. The van der Waals surface area contributed by atoms with Crippen molar-refractivity contribution in [2.45, 2.75) is 0 Å². The van der Waals surface area contributed by atoms with Gasteiger partial charge in [-0.2, -0.15) is 0 Å². The van der Waals surface area contributed by atoms with Crippen molar-refractivity contribution >= 4 is 60.5 Å². The maximum Gasteiger partial charge on any atom is 0.143 e. The molecular weight excluding hydrogens is 703 g/mol. The maximum absolute atomic E-state index is 6.68. The lowest BCUT2D eigenvalue weighted by Crippen LogP contribution is -2.12. The van der Waals surface area contributed by atoms with Crippen LogP contribution in [0.3, 0.4) is 0 Å². The summed E-state index contributed by atoms with van der Waals surface area (Å²) in [6.45, 7) is 0. The van der Waals surface area contributed by atoms with E-state index in [1.807, 2.05) is 6.07 Å². The molecule has 0 amide bonds. The first kappa shape index (κ1) is 33.6. The average molecular weight is 740 g/mol. The molecule has 0 N–H and O–H groups in total. The molecule has 0 aliphatic rings. The summed E-state index contributed by atoms with van der Waals surface area (Å²) in [7, 11) is 0. The first-order valence-electron chi connectivity index (χ1n) is 19.8. The second-order valence-corrected chi connectivity index (χ2v) is 14.8. The van der Waals surface area contributed by atoms with Gasteiger partial charge in [-0.1, -0.05) is 194 Å². The Bertz CT molecular complexity index is 3290. The zero-order chi connectivity index (χ0) is 38.4. The highest BCUT2D eigenvalue weighted by atomic mass is 16.3. The van der Waals surface area contributed by atoms with Crippen LogP contribution in [0.15, 0.2) is 229 Å². The van der Waals surface area contributed by atoms with Gasteiger partial charge in [-0.3, -0.25) is 0 Å². The van der Waals surface area contributed by atoms with Crippen LogP contribution in [0, 0.1) is 0 Å². The van der Waals surface area contributed by atoms with Gasteiger partial charge in [-0.05, 0) is 79.7 Å². The molecule has 1 aromatic heterocycles. The zero-order valence-electron chi connectivity index (χ0n) is 31.7. The van der Waals surface area contributed by atoms with Crippen molar-refractivity contribution in [3.8, 4) is 44.5 Å². The minimum atomic E-state index is 0.885. The minimum absolute atomic E-state index is 0.885. The first-order valence-corrected chi connectivity index (χ1v) is 19.8. The van der Waals surface area contributed by atoms with Crippen molar-refractivity contribution < 1.29 is 4.42 Å². The molecule has 58 heavy (non-hydrogen) atoms. The molecule has 2 nitrogen and oxygen atoms in total. The van der Waals surface area contributed by atoms with Gasteiger partial charge in [0.15, 0.2) is 0 Å². The molecule has 2 heteroatoms. The van der Waals surface area contributed by atoms with Crippen molar-refractivity contribution in [3.63, 3.8) is 0 Å². The number of furan rings is 1. The lowest BCUT2D eigenvalue weighted by atomic mass is 9.90. The molecule has 11 aromatic rings. The van der Waals surface area contributed by atoms with E-state index < -0.39 is 0 Å². The standard InChI is InChI=1S/C56H37NO/c1-2-17-39(18-3-1)45-30-14-21-40-22-15-31-49(55(40)45)46-26-6-9-34-52(46)57(42-24-12-23-41(37-42)44-29-13-20-38-19-4-5-25-43(38)44)53-35-10-7-27-47(53)50-32-16-33-51-48-28-8-11-36-54(48)58-56(50)51/h1-37H. The van der Waals surface area contributed by atoms with Gasteiger partial charge in [0.25, 0.3) is 0 Å². The Kier molecular flexibility index (Phi) is 8.19. The molecule has 0 saturated carbocycles. The quantitative estimate of drug-likeness (QED) is 0.162. The molecule has 0 spiro atoms. The Morgan fingerprint density at radius 1 is 0.310 bits per heavy atom. The number of benzene rings is 10. The van der Waals surface area contributed by atoms with Gasteiger partial charge in [0.2, 0.25) is 0 Å². The van der Waals surface area contributed by atoms with E-state index >= 15 is 0 Å². The Labute approximate surface area is 337 Å². The third kappa shape index (κ3) is 5.66. The summed E-state index contributed by atoms with van der Waals surface area (Å²) in [4.78, 5) is 2.45. The number of anilines is 3. The third-order valence-electron chi connectivity index (χ3n) is 11.5. The molecule has 1 heterocycles. The molecule has 0 fully saturated rings. The fraction of sp³-hybridized carbons (Fsp3) is 0. The van der Waals surface area contributed by atoms with Crippen LogP contribution < -0.4 is 4.90 Å². The summed E-state index contributed by atoms with van der Waals surface area (Å²) in [6.07, 6.45) is 0. The first-order chi connectivity index (χ1) is 28.8. The monoisotopic (exact) mass is 739 g/mol. The van der Waals surface area contributed by atoms with E-state index in [1.165, 1.54) is 43.8 Å². The van der Waals surface area contributed by atoms with Crippen molar-refractivity contribution in [1.82, 2.24) is 0 Å². The van der Waals surface area contributed by atoms with Crippen LogP contribution in [0.5, 0.6) is 0 Å². The van der Waals surface area contributed by atoms with Gasteiger partial charge in [0.1, 0.15) is 11.2 Å². The molecular formula is C56H37NO. The van der Waals surface area contributed by atoms with Crippen LogP contribution in [0.4, 0.5) is 17.1 Å². The van der Waals surface area contributed by atoms with Crippen LogP contribution in [-0.2, 0) is 0 Å². The summed E-state index contributed by atoms with van der Waals surface area (Å²) in [5.74, 6) is 0. The second kappa shape index (κ2) is 14.1. The Hall–Kier alpha value is -7.68. The van der Waals surface area contributed by atoms with E-state index in [9.17, 15) is 0 Å². The molecule has 0 bridgehead atoms. The molecule has 0 atom stereocenters. The molecule has 0 radical (unpaired) electrons. The molecule has 272 valence electrons. The van der Waals surface area contributed by atoms with Gasteiger partial charge in [0.05, 0.1) is 11.4 Å². The van der Waals surface area contributed by atoms with E-state index in [2.05, 4.69) is 223 Å². The van der Waals surface area contributed by atoms with E-state index in [4.69, 9.17) is 4.42 Å². The number of para-hydroxylation sites is 4. The number of fused-ring (bicyclic) bond motifs is 5. The SMILES string of the molecule is c1ccc(-c2cccc3cccc(-c4ccccc4N(c4cccc(-c5cccc6ccccc56)c4)c4ccccc4-c4cccc5c4oc4ccccc45)c23)cc1. The lowest BCUT2D eigenvalue weighted by Gasteiger charge is -2.30. The highest BCUT2D eigenvalue weighted by Gasteiger charge is 2.24. The fourth-order valence-corrected chi connectivity index (χ4v) is 8.87. The van der Waals surface area contributed by atoms with Gasteiger partial charge in [-0.25, -0.2) is 0 Å². The van der Waals surface area contributed by atoms with Gasteiger partial charge >= 0.3 is 0 Å². The summed E-state index contributed by atoms with van der Waals surface area (Å²) in [6, 6.07) is 80.7. The van der Waals surface area contributed by atoms with Gasteiger partial charge in [-0.15, -0.1) is 0 Å². The Balaban J connectivity index is 1.19. The highest BCUT2D eigenvalue weighted by molar-refractivity contribution is 6.12. The van der Waals surface area contributed by atoms with Crippen LogP contribution >= 0.6 is 0 Å². The van der Waals surface area contributed by atoms with E-state index in [0.29, 0.717) is 0 Å². The highest BCUT2D eigenvalue weighted by Crippen LogP contribution is 2.49. The molecule has 0 saturated heterocycles. The van der Waals surface area contributed by atoms with Crippen LogP contribution in [-0.4, -0.2) is 0 Å². The van der Waals surface area contributed by atoms with Gasteiger partial charge in [0, 0.05) is 33.2 Å². The van der Waals surface area contributed by atoms with E-state index in [0.717, 1.165) is 61.3 Å². The zero-order valence-corrected chi connectivity index (χ0v) is 31.7. The Morgan fingerprint density at radius 2 is 0.828 bits per heavy atom. The van der Waals surface area contributed by atoms with E-state index in [1.54, 1.807) is 0 Å². The van der Waals surface area contributed by atoms with E-state index in [-0.39, 0.29) is 0 Å². The van der Waals surface area contributed by atoms with Crippen LogP contribution in [0.2, 0.25) is 0 Å². The Morgan fingerprint density at radius 3 is 1.64 bits per heavy atom. The normalized spacial score (nSPS) is 11.4. The number of rotatable bonds is 7. The summed E-state index contributed by atoms with van der Waals surface area (Å²) in [5.41, 5.74) is 14.2. The van der Waals surface area contributed by atoms with Crippen molar-refractivity contribution in [3.05, 3.63) is 224 Å². The summed E-state index contributed by atoms with van der Waals surface area (Å²) in [5, 5.41) is 7.12. The molecule has 11 rings (SSSR count). The van der Waals surface area contributed by atoms with Crippen molar-refractivity contribution in [2.75, 3.05) is 4.90 Å². The average Bonchev–Trinajstić information content (AvgIpc) is 3.68. The second-order valence-electron chi connectivity index (χ2n) is 14.8. The van der Waals surface area contributed by atoms with Crippen LogP contribution in [0.25, 0.3) is 88.0 Å². The third-order valence-corrected chi connectivity index (χ3v) is 11.5. The molecule has 0 aliphatic heterocycles. The van der Waals surface area contributed by atoms with Crippen molar-refractivity contribution in [2.24, 2.45) is 0 Å². The predicted molar refractivity (Wildman–Crippen MR) is 245 cm³/mol. The molecule has 0 unspecified atom stereocenters. The smallest absolute Gasteiger partial charge is 0.143 e. The summed E-state index contributed by atoms with van der Waals surface area (Å²) >= 11 is 0. The molecule has 10 aromatic carbocycles. The lowest BCUT2D eigenvalue weighted by molar-refractivity contribution is 0.670. The van der Waals surface area contributed by atoms with Crippen molar-refractivity contribution in [1.29, 1.82) is 0 Å². The minimum Gasteiger partial charge on any atom is -0.455 e. The van der Waals surface area contributed by atoms with Crippen LogP contribution in [0.1, 0.15) is 0 Å². The number of hydrogen-bond donors (Lipinski definition) is 0. The number of hydrogen-bond acceptors (Lipinski definition) is 2. The predicted octanol–water partition coefficient (Wildman–Crippen LogP) is 16.0. The largest absolute Gasteiger partial charge is 0.455 e.